The first kappa shape index (κ1) is 15.7. The Morgan fingerprint density at radius 2 is 1.91 bits per heavy atom. The number of carbonyl (C=O) groups excluding carboxylic acids is 2. The van der Waals surface area contributed by atoms with Crippen LogP contribution in [0.5, 0.6) is 0 Å². The van der Waals surface area contributed by atoms with E-state index in [0.717, 1.165) is 33.4 Å². The molecule has 0 aromatic heterocycles. The molecule has 0 bridgehead atoms. The summed E-state index contributed by atoms with van der Waals surface area (Å²) in [4.78, 5) is 25.5. The van der Waals surface area contributed by atoms with Gasteiger partial charge in [-0.2, -0.15) is 0 Å². The molecule has 0 saturated carbocycles. The molecule has 23 heavy (non-hydrogen) atoms. The van der Waals surface area contributed by atoms with E-state index in [0.29, 0.717) is 12.8 Å². The third-order valence-corrected chi connectivity index (χ3v) is 4.51. The minimum Gasteiger partial charge on any atom is -0.326 e. The molecule has 2 aromatic carbocycles. The fourth-order valence-corrected chi connectivity index (χ4v) is 2.99. The van der Waals surface area contributed by atoms with Gasteiger partial charge in [0, 0.05) is 29.3 Å². The maximum Gasteiger partial charge on any atom is 0.228 e. The first-order valence-electron chi connectivity index (χ1n) is 7.47. The maximum atomic E-state index is 12.2. The van der Waals surface area contributed by atoms with Crippen LogP contribution in [0.25, 0.3) is 0 Å². The Hall–Kier alpha value is -2.14. The normalized spacial score (nSPS) is 13.7. The molecule has 1 N–H and O–H groups in total. The Morgan fingerprint density at radius 3 is 2.65 bits per heavy atom. The van der Waals surface area contributed by atoms with Crippen LogP contribution in [0.1, 0.15) is 17.5 Å². The highest BCUT2D eigenvalue weighted by molar-refractivity contribution is 9.10. The molecular weight excluding hydrogens is 356 g/mol. The average Bonchev–Trinajstić information content (AvgIpc) is 2.53. The van der Waals surface area contributed by atoms with Crippen molar-refractivity contribution in [2.45, 2.75) is 19.3 Å². The summed E-state index contributed by atoms with van der Waals surface area (Å²) in [5, 5.41) is 2.93. The maximum absolute atomic E-state index is 12.2. The lowest BCUT2D eigenvalue weighted by atomic mass is 10.0. The third-order valence-electron chi connectivity index (χ3n) is 3.98. The van der Waals surface area contributed by atoms with Crippen LogP contribution >= 0.6 is 15.9 Å². The van der Waals surface area contributed by atoms with Crippen molar-refractivity contribution in [3.63, 3.8) is 0 Å². The van der Waals surface area contributed by atoms with E-state index in [-0.39, 0.29) is 11.8 Å². The Kier molecular flexibility index (Phi) is 4.48. The van der Waals surface area contributed by atoms with E-state index in [2.05, 4.69) is 21.2 Å². The number of hydrogen-bond acceptors (Lipinski definition) is 2. The van der Waals surface area contributed by atoms with E-state index in [1.807, 2.05) is 42.5 Å². The van der Waals surface area contributed by atoms with Crippen molar-refractivity contribution < 1.29 is 9.59 Å². The van der Waals surface area contributed by atoms with Crippen molar-refractivity contribution in [1.82, 2.24) is 0 Å². The molecule has 118 valence electrons. The van der Waals surface area contributed by atoms with Crippen molar-refractivity contribution in [2.24, 2.45) is 0 Å². The molecule has 0 spiro atoms. The third kappa shape index (κ3) is 3.62. The number of hydrogen-bond donors (Lipinski definition) is 1. The van der Waals surface area contributed by atoms with Crippen molar-refractivity contribution >= 4 is 39.1 Å². The fraction of sp³-hybridized carbons (Fsp3) is 0.222. The van der Waals surface area contributed by atoms with Crippen molar-refractivity contribution in [3.05, 3.63) is 58.1 Å². The molecule has 5 heteroatoms. The molecule has 2 aromatic rings. The largest absolute Gasteiger partial charge is 0.326 e. The van der Waals surface area contributed by atoms with Crippen molar-refractivity contribution in [1.29, 1.82) is 0 Å². The van der Waals surface area contributed by atoms with Gasteiger partial charge in [-0.3, -0.25) is 9.59 Å². The summed E-state index contributed by atoms with van der Waals surface area (Å²) in [5.41, 5.74) is 3.75. The Morgan fingerprint density at radius 1 is 1.17 bits per heavy atom. The highest BCUT2D eigenvalue weighted by Crippen LogP contribution is 2.29. The van der Waals surface area contributed by atoms with Gasteiger partial charge in [0.15, 0.2) is 0 Å². The van der Waals surface area contributed by atoms with Gasteiger partial charge in [0.2, 0.25) is 11.8 Å². The zero-order valence-corrected chi connectivity index (χ0v) is 14.4. The lowest BCUT2D eigenvalue weighted by molar-refractivity contribution is -0.118. The zero-order valence-electron chi connectivity index (χ0n) is 12.8. The van der Waals surface area contributed by atoms with Crippen LogP contribution in [-0.2, 0) is 22.4 Å². The lowest BCUT2D eigenvalue weighted by Crippen LogP contribution is -2.31. The second-order valence-electron chi connectivity index (χ2n) is 5.65. The number of amides is 2. The van der Waals surface area contributed by atoms with Crippen LogP contribution in [0.2, 0.25) is 0 Å². The van der Waals surface area contributed by atoms with Gasteiger partial charge >= 0.3 is 0 Å². The predicted molar refractivity (Wildman–Crippen MR) is 94.6 cm³/mol. The smallest absolute Gasteiger partial charge is 0.228 e. The van der Waals surface area contributed by atoms with Gasteiger partial charge in [0.05, 0.1) is 6.42 Å². The molecule has 0 fully saturated rings. The first-order valence-corrected chi connectivity index (χ1v) is 8.26. The summed E-state index contributed by atoms with van der Waals surface area (Å²) in [6, 6.07) is 13.4. The monoisotopic (exact) mass is 372 g/mol. The van der Waals surface area contributed by atoms with E-state index < -0.39 is 0 Å². The Labute approximate surface area is 143 Å². The summed E-state index contributed by atoms with van der Waals surface area (Å²) < 4.78 is 0.995. The SMILES string of the molecule is CN1C(=O)CCc2cc(NC(=O)Cc3ccc(Br)cc3)ccc21. The zero-order chi connectivity index (χ0) is 16.4. The van der Waals surface area contributed by atoms with Crippen LogP contribution < -0.4 is 10.2 Å². The summed E-state index contributed by atoms with van der Waals surface area (Å²) >= 11 is 3.38. The molecule has 0 radical (unpaired) electrons. The Balaban J connectivity index is 1.69. The van der Waals surface area contributed by atoms with Crippen LogP contribution in [0, 0.1) is 0 Å². The molecule has 1 aliphatic heterocycles. The number of fused-ring (bicyclic) bond motifs is 1. The number of halogens is 1. The standard InChI is InChI=1S/C18H17BrN2O2/c1-21-16-8-7-15(11-13(16)4-9-18(21)23)20-17(22)10-12-2-5-14(19)6-3-12/h2-3,5-8,11H,4,9-10H2,1H3,(H,20,22). The van der Waals surface area contributed by atoms with E-state index >= 15 is 0 Å². The number of nitrogens with one attached hydrogen (secondary N) is 1. The summed E-state index contributed by atoms with van der Waals surface area (Å²) in [5.74, 6) is 0.0806. The number of benzene rings is 2. The molecular formula is C18H17BrN2O2. The minimum atomic E-state index is -0.0486. The topological polar surface area (TPSA) is 49.4 Å². The van der Waals surface area contributed by atoms with Crippen LogP contribution in [0.3, 0.4) is 0 Å². The molecule has 0 unspecified atom stereocenters. The molecule has 3 rings (SSSR count). The quantitative estimate of drug-likeness (QED) is 0.895. The molecule has 4 nitrogen and oxygen atoms in total. The highest BCUT2D eigenvalue weighted by atomic mass is 79.9. The number of aryl methyl sites for hydroxylation is 1. The van der Waals surface area contributed by atoms with E-state index in [1.165, 1.54) is 0 Å². The van der Waals surface area contributed by atoms with Gasteiger partial charge in [-0.1, -0.05) is 28.1 Å². The second-order valence-corrected chi connectivity index (χ2v) is 6.56. The number of rotatable bonds is 3. The summed E-state index contributed by atoms with van der Waals surface area (Å²) in [7, 11) is 1.78. The van der Waals surface area contributed by atoms with Crippen molar-refractivity contribution in [2.75, 3.05) is 17.3 Å². The van der Waals surface area contributed by atoms with Gasteiger partial charge in [-0.05, 0) is 47.9 Å². The van der Waals surface area contributed by atoms with E-state index in [4.69, 9.17) is 0 Å². The van der Waals surface area contributed by atoms with Crippen LogP contribution in [0.15, 0.2) is 46.9 Å². The Bertz CT molecular complexity index is 756. The van der Waals surface area contributed by atoms with E-state index in [9.17, 15) is 9.59 Å². The fourth-order valence-electron chi connectivity index (χ4n) is 2.73. The average molecular weight is 373 g/mol. The second kappa shape index (κ2) is 6.54. The molecule has 1 heterocycles. The van der Waals surface area contributed by atoms with Gasteiger partial charge < -0.3 is 10.2 Å². The van der Waals surface area contributed by atoms with Crippen LogP contribution in [-0.4, -0.2) is 18.9 Å². The predicted octanol–water partition coefficient (Wildman–Crippen LogP) is 3.54. The molecule has 0 atom stereocenters. The van der Waals surface area contributed by atoms with Crippen LogP contribution in [0.4, 0.5) is 11.4 Å². The van der Waals surface area contributed by atoms with Gasteiger partial charge in [-0.25, -0.2) is 0 Å². The van der Waals surface area contributed by atoms with Gasteiger partial charge in [0.25, 0.3) is 0 Å². The number of nitrogens with zero attached hydrogens (tertiary/aromatic N) is 1. The molecule has 0 saturated heterocycles. The minimum absolute atomic E-state index is 0.0486. The molecule has 2 amide bonds. The highest BCUT2D eigenvalue weighted by Gasteiger charge is 2.20. The summed E-state index contributed by atoms with van der Waals surface area (Å²) in [6.45, 7) is 0. The number of carbonyl (C=O) groups is 2. The molecule has 1 aliphatic rings. The van der Waals surface area contributed by atoms with Gasteiger partial charge in [0.1, 0.15) is 0 Å². The first-order chi connectivity index (χ1) is 11.0. The molecule has 0 aliphatic carbocycles. The summed E-state index contributed by atoms with van der Waals surface area (Å²) in [6.07, 6.45) is 1.57. The lowest BCUT2D eigenvalue weighted by Gasteiger charge is -2.26. The van der Waals surface area contributed by atoms with Gasteiger partial charge in [-0.15, -0.1) is 0 Å². The van der Waals surface area contributed by atoms with E-state index in [1.54, 1.807) is 11.9 Å². The van der Waals surface area contributed by atoms with Crippen molar-refractivity contribution in [3.8, 4) is 0 Å². The number of anilines is 2.